The lowest BCUT2D eigenvalue weighted by molar-refractivity contribution is 0.0990. The normalized spacial score (nSPS) is 10.0. The molecule has 2 rings (SSSR count). The average Bonchev–Trinajstić information content (AvgIpc) is 2.47. The smallest absolute Gasteiger partial charge is 0.170 e. The maximum atomic E-state index is 12.3. The van der Waals surface area contributed by atoms with Crippen LogP contribution in [0.5, 0.6) is 11.5 Å². The topological polar surface area (TPSA) is 48.4 Å². The van der Waals surface area contributed by atoms with E-state index < -0.39 is 0 Å². The summed E-state index contributed by atoms with van der Waals surface area (Å²) in [5, 5.41) is 0. The van der Waals surface area contributed by atoms with Crippen LogP contribution in [-0.2, 0) is 6.42 Å². The Kier molecular flexibility index (Phi) is 4.13. The summed E-state index contributed by atoms with van der Waals surface area (Å²) in [5.74, 6) is 1.20. The Bertz CT molecular complexity index is 567. The van der Waals surface area contributed by atoms with Gasteiger partial charge in [0.15, 0.2) is 5.78 Å². The van der Waals surface area contributed by atoms with Crippen molar-refractivity contribution < 1.29 is 14.3 Å². The number of hydrogen-bond donors (Lipinski definition) is 0. The van der Waals surface area contributed by atoms with Gasteiger partial charge in [-0.1, -0.05) is 0 Å². The number of carbonyl (C=O) groups excluding carboxylic acids is 1. The molecule has 0 radical (unpaired) electrons. The van der Waals surface area contributed by atoms with Gasteiger partial charge in [-0.15, -0.1) is 0 Å². The number of rotatable bonds is 5. The highest BCUT2D eigenvalue weighted by molar-refractivity contribution is 6.00. The third-order valence-electron chi connectivity index (χ3n) is 2.82. The number of Topliss-reactive ketones (excluding diaryl/α,β-unsaturated/α-hetero) is 1. The molecule has 1 heterocycles. The SMILES string of the molecule is COc1ccc(C(=O)Cc2ccncc2)c(OC)c1. The Labute approximate surface area is 112 Å². The molecule has 0 atom stereocenters. The lowest BCUT2D eigenvalue weighted by atomic mass is 10.0. The summed E-state index contributed by atoms with van der Waals surface area (Å²) in [4.78, 5) is 16.2. The first-order valence-electron chi connectivity index (χ1n) is 5.88. The minimum atomic E-state index is 0.00528. The Balaban J connectivity index is 2.24. The van der Waals surface area contributed by atoms with Crippen LogP contribution in [-0.4, -0.2) is 25.0 Å². The van der Waals surface area contributed by atoms with E-state index in [0.29, 0.717) is 23.5 Å². The van der Waals surface area contributed by atoms with Gasteiger partial charge in [0.2, 0.25) is 0 Å². The molecule has 0 saturated carbocycles. The molecule has 0 aliphatic heterocycles. The minimum absolute atomic E-state index is 0.00528. The van der Waals surface area contributed by atoms with Crippen LogP contribution in [0.25, 0.3) is 0 Å². The monoisotopic (exact) mass is 257 g/mol. The summed E-state index contributed by atoms with van der Waals surface area (Å²) in [5.41, 5.74) is 1.48. The molecule has 1 aromatic carbocycles. The van der Waals surface area contributed by atoms with Crippen molar-refractivity contribution in [2.75, 3.05) is 14.2 Å². The Morgan fingerprint density at radius 3 is 2.47 bits per heavy atom. The molecule has 0 aliphatic carbocycles. The van der Waals surface area contributed by atoms with Gasteiger partial charge in [-0.2, -0.15) is 0 Å². The summed E-state index contributed by atoms with van der Waals surface area (Å²) in [6.07, 6.45) is 3.67. The van der Waals surface area contributed by atoms with Gasteiger partial charge in [-0.3, -0.25) is 9.78 Å². The average molecular weight is 257 g/mol. The molecule has 1 aromatic heterocycles. The molecule has 0 spiro atoms. The number of aromatic nitrogens is 1. The van der Waals surface area contributed by atoms with E-state index in [0.717, 1.165) is 5.56 Å². The molecular weight excluding hydrogens is 242 g/mol. The highest BCUT2D eigenvalue weighted by atomic mass is 16.5. The second-order valence-electron chi connectivity index (χ2n) is 4.02. The number of ketones is 1. The summed E-state index contributed by atoms with van der Waals surface area (Å²) in [7, 11) is 3.12. The molecule has 2 aromatic rings. The molecule has 0 unspecified atom stereocenters. The van der Waals surface area contributed by atoms with E-state index in [2.05, 4.69) is 4.98 Å². The zero-order valence-electron chi connectivity index (χ0n) is 10.9. The van der Waals surface area contributed by atoms with Crippen LogP contribution < -0.4 is 9.47 Å². The number of nitrogens with zero attached hydrogens (tertiary/aromatic N) is 1. The second-order valence-corrected chi connectivity index (χ2v) is 4.02. The molecule has 19 heavy (non-hydrogen) atoms. The fourth-order valence-electron chi connectivity index (χ4n) is 1.81. The molecule has 0 amide bonds. The number of carbonyl (C=O) groups is 1. The standard InChI is InChI=1S/C15H15NO3/c1-18-12-3-4-13(15(10-12)19-2)14(17)9-11-5-7-16-8-6-11/h3-8,10H,9H2,1-2H3. The number of ether oxygens (including phenoxy) is 2. The third-order valence-corrected chi connectivity index (χ3v) is 2.82. The van der Waals surface area contributed by atoms with Gasteiger partial charge in [-0.05, 0) is 29.8 Å². The zero-order valence-corrected chi connectivity index (χ0v) is 10.9. The maximum absolute atomic E-state index is 12.3. The summed E-state index contributed by atoms with van der Waals surface area (Å²) >= 11 is 0. The Hall–Kier alpha value is -2.36. The van der Waals surface area contributed by atoms with Gasteiger partial charge >= 0.3 is 0 Å². The fourth-order valence-corrected chi connectivity index (χ4v) is 1.81. The van der Waals surface area contributed by atoms with E-state index in [4.69, 9.17) is 9.47 Å². The van der Waals surface area contributed by atoms with Crippen molar-refractivity contribution in [1.82, 2.24) is 4.98 Å². The molecule has 0 aliphatic rings. The molecule has 0 N–H and O–H groups in total. The van der Waals surface area contributed by atoms with Gasteiger partial charge in [0, 0.05) is 24.9 Å². The Morgan fingerprint density at radius 2 is 1.84 bits per heavy atom. The lowest BCUT2D eigenvalue weighted by Gasteiger charge is -2.09. The third kappa shape index (κ3) is 3.10. The predicted octanol–water partition coefficient (Wildman–Crippen LogP) is 2.52. The first kappa shape index (κ1) is 13.1. The summed E-state index contributed by atoms with van der Waals surface area (Å²) < 4.78 is 10.3. The van der Waals surface area contributed by atoms with Crippen LogP contribution in [0.1, 0.15) is 15.9 Å². The second kappa shape index (κ2) is 6.00. The number of benzene rings is 1. The molecular formula is C15H15NO3. The minimum Gasteiger partial charge on any atom is -0.497 e. The molecule has 0 bridgehead atoms. The molecule has 4 heteroatoms. The van der Waals surface area contributed by atoms with Crippen LogP contribution in [0, 0.1) is 0 Å². The van der Waals surface area contributed by atoms with Crippen molar-refractivity contribution in [3.63, 3.8) is 0 Å². The molecule has 0 fully saturated rings. The van der Waals surface area contributed by atoms with Crippen molar-refractivity contribution >= 4 is 5.78 Å². The predicted molar refractivity (Wildman–Crippen MR) is 71.8 cm³/mol. The summed E-state index contributed by atoms with van der Waals surface area (Å²) in [6, 6.07) is 8.84. The van der Waals surface area contributed by atoms with E-state index in [1.165, 1.54) is 7.11 Å². The van der Waals surface area contributed by atoms with Crippen molar-refractivity contribution in [3.8, 4) is 11.5 Å². The van der Waals surface area contributed by atoms with Crippen LogP contribution >= 0.6 is 0 Å². The van der Waals surface area contributed by atoms with Gasteiger partial charge in [0.25, 0.3) is 0 Å². The highest BCUT2D eigenvalue weighted by Gasteiger charge is 2.13. The zero-order chi connectivity index (χ0) is 13.7. The first-order chi connectivity index (χ1) is 9.24. The van der Waals surface area contributed by atoms with E-state index in [-0.39, 0.29) is 5.78 Å². The first-order valence-corrected chi connectivity index (χ1v) is 5.88. The highest BCUT2D eigenvalue weighted by Crippen LogP contribution is 2.25. The lowest BCUT2D eigenvalue weighted by Crippen LogP contribution is -2.06. The molecule has 98 valence electrons. The largest absolute Gasteiger partial charge is 0.497 e. The van der Waals surface area contributed by atoms with Gasteiger partial charge in [0.1, 0.15) is 11.5 Å². The van der Waals surface area contributed by atoms with E-state index in [1.54, 1.807) is 37.7 Å². The molecule has 0 saturated heterocycles. The van der Waals surface area contributed by atoms with Crippen LogP contribution in [0.2, 0.25) is 0 Å². The van der Waals surface area contributed by atoms with Crippen LogP contribution in [0.4, 0.5) is 0 Å². The van der Waals surface area contributed by atoms with Crippen LogP contribution in [0.15, 0.2) is 42.7 Å². The number of pyridine rings is 1. The van der Waals surface area contributed by atoms with E-state index in [9.17, 15) is 4.79 Å². The number of hydrogen-bond acceptors (Lipinski definition) is 4. The van der Waals surface area contributed by atoms with Gasteiger partial charge in [-0.25, -0.2) is 0 Å². The summed E-state index contributed by atoms with van der Waals surface area (Å²) in [6.45, 7) is 0. The van der Waals surface area contributed by atoms with Crippen molar-refractivity contribution in [2.45, 2.75) is 6.42 Å². The van der Waals surface area contributed by atoms with Gasteiger partial charge < -0.3 is 9.47 Å². The molecule has 4 nitrogen and oxygen atoms in total. The van der Waals surface area contributed by atoms with Crippen molar-refractivity contribution in [1.29, 1.82) is 0 Å². The number of methoxy groups -OCH3 is 2. The van der Waals surface area contributed by atoms with E-state index >= 15 is 0 Å². The van der Waals surface area contributed by atoms with Crippen molar-refractivity contribution in [3.05, 3.63) is 53.9 Å². The van der Waals surface area contributed by atoms with Crippen molar-refractivity contribution in [2.24, 2.45) is 0 Å². The van der Waals surface area contributed by atoms with Crippen LogP contribution in [0.3, 0.4) is 0 Å². The Morgan fingerprint density at radius 1 is 1.11 bits per heavy atom. The fraction of sp³-hybridized carbons (Fsp3) is 0.200. The van der Waals surface area contributed by atoms with Gasteiger partial charge in [0.05, 0.1) is 19.8 Å². The van der Waals surface area contributed by atoms with E-state index in [1.807, 2.05) is 12.1 Å². The quantitative estimate of drug-likeness (QED) is 0.772. The maximum Gasteiger partial charge on any atom is 0.170 e.